The molecule has 0 aliphatic carbocycles. The van der Waals surface area contributed by atoms with Crippen molar-refractivity contribution < 1.29 is 28.6 Å². The molecule has 0 fully saturated rings. The Morgan fingerprint density at radius 1 is 0.897 bits per heavy atom. The zero-order valence-corrected chi connectivity index (χ0v) is 16.6. The van der Waals surface area contributed by atoms with Crippen LogP contribution in [0, 0.1) is 0 Å². The highest BCUT2D eigenvalue weighted by Crippen LogP contribution is 2.13. The number of hydrogen-bond donors (Lipinski definition) is 1. The number of hydrogen-bond acceptors (Lipinski definition) is 6. The average Bonchev–Trinajstić information content (AvgIpc) is 2.76. The van der Waals surface area contributed by atoms with Crippen LogP contribution in [-0.2, 0) is 9.53 Å². The lowest BCUT2D eigenvalue weighted by Gasteiger charge is -2.08. The van der Waals surface area contributed by atoms with Crippen LogP contribution in [0.15, 0.2) is 48.5 Å². The summed E-state index contributed by atoms with van der Waals surface area (Å²) in [6, 6.07) is 13.1. The molecular formula is C22H25NO6. The van der Waals surface area contributed by atoms with Crippen molar-refractivity contribution in [2.75, 3.05) is 26.9 Å². The van der Waals surface area contributed by atoms with Gasteiger partial charge in [-0.3, -0.25) is 14.4 Å². The topological polar surface area (TPSA) is 90.9 Å². The van der Waals surface area contributed by atoms with Gasteiger partial charge in [-0.05, 0) is 55.0 Å². The molecule has 154 valence electrons. The summed E-state index contributed by atoms with van der Waals surface area (Å²) in [4.78, 5) is 35.9. The minimum atomic E-state index is -0.695. The third kappa shape index (κ3) is 7.29. The standard InChI is InChI=1S/C22H25NO6/c1-3-4-13-28-19-11-7-17(8-12-19)22(26)23-14-21(25)29-15-20(24)16-5-9-18(27-2)10-6-16/h5-12H,3-4,13-15H2,1-2H3,(H,23,26). The highest BCUT2D eigenvalue weighted by molar-refractivity contribution is 5.99. The van der Waals surface area contributed by atoms with Crippen LogP contribution in [-0.4, -0.2) is 44.5 Å². The summed E-state index contributed by atoms with van der Waals surface area (Å²) in [6.07, 6.45) is 2.01. The molecule has 0 bridgehead atoms. The summed E-state index contributed by atoms with van der Waals surface area (Å²) in [5, 5.41) is 2.47. The Morgan fingerprint density at radius 3 is 2.14 bits per heavy atom. The first-order valence-corrected chi connectivity index (χ1v) is 9.37. The van der Waals surface area contributed by atoms with E-state index in [2.05, 4.69) is 12.2 Å². The molecule has 0 unspecified atom stereocenters. The highest BCUT2D eigenvalue weighted by atomic mass is 16.5. The van der Waals surface area contributed by atoms with Gasteiger partial charge in [0.2, 0.25) is 0 Å². The molecule has 0 saturated carbocycles. The Labute approximate surface area is 170 Å². The van der Waals surface area contributed by atoms with Gasteiger partial charge in [-0.1, -0.05) is 13.3 Å². The molecule has 0 aliphatic heterocycles. The number of amides is 1. The van der Waals surface area contributed by atoms with Crippen molar-refractivity contribution in [2.24, 2.45) is 0 Å². The first-order chi connectivity index (χ1) is 14.0. The first kappa shape index (κ1) is 21.9. The van der Waals surface area contributed by atoms with Crippen LogP contribution in [0.25, 0.3) is 0 Å². The van der Waals surface area contributed by atoms with E-state index in [4.69, 9.17) is 14.2 Å². The fourth-order valence-corrected chi connectivity index (χ4v) is 2.35. The lowest BCUT2D eigenvalue weighted by atomic mass is 10.1. The number of Topliss-reactive ketones (excluding diaryl/α,β-unsaturated/α-hetero) is 1. The number of ether oxygens (including phenoxy) is 3. The molecule has 7 nitrogen and oxygen atoms in total. The number of nitrogens with one attached hydrogen (secondary N) is 1. The quantitative estimate of drug-likeness (QED) is 0.355. The van der Waals surface area contributed by atoms with E-state index >= 15 is 0 Å². The molecule has 1 N–H and O–H groups in total. The number of esters is 1. The summed E-state index contributed by atoms with van der Waals surface area (Å²) < 4.78 is 15.5. The van der Waals surface area contributed by atoms with Crippen LogP contribution in [0.3, 0.4) is 0 Å². The first-order valence-electron chi connectivity index (χ1n) is 9.37. The van der Waals surface area contributed by atoms with Gasteiger partial charge in [-0.25, -0.2) is 0 Å². The van der Waals surface area contributed by atoms with E-state index in [1.54, 1.807) is 48.5 Å². The molecule has 2 aromatic carbocycles. The molecular weight excluding hydrogens is 374 g/mol. The summed E-state index contributed by atoms with van der Waals surface area (Å²) >= 11 is 0. The lowest BCUT2D eigenvalue weighted by molar-refractivity contribution is -0.141. The molecule has 2 rings (SSSR count). The molecule has 0 radical (unpaired) electrons. The van der Waals surface area contributed by atoms with Gasteiger partial charge in [-0.2, -0.15) is 0 Å². The number of ketones is 1. The van der Waals surface area contributed by atoms with Crippen molar-refractivity contribution in [3.8, 4) is 11.5 Å². The van der Waals surface area contributed by atoms with Crippen molar-refractivity contribution in [1.82, 2.24) is 5.32 Å². The minimum absolute atomic E-state index is 0.330. The Bertz CT molecular complexity index is 814. The predicted octanol–water partition coefficient (Wildman–Crippen LogP) is 3.03. The summed E-state index contributed by atoms with van der Waals surface area (Å²) in [5.74, 6) is -0.137. The third-order valence-corrected chi connectivity index (χ3v) is 4.05. The Hall–Kier alpha value is -3.35. The number of carbonyl (C=O) groups excluding carboxylic acids is 3. The molecule has 1 amide bonds. The second-order valence-corrected chi connectivity index (χ2v) is 6.22. The van der Waals surface area contributed by atoms with Gasteiger partial charge in [0.05, 0.1) is 13.7 Å². The number of unbranched alkanes of at least 4 members (excludes halogenated alkanes) is 1. The van der Waals surface area contributed by atoms with Crippen LogP contribution < -0.4 is 14.8 Å². The largest absolute Gasteiger partial charge is 0.497 e. The molecule has 0 atom stereocenters. The van der Waals surface area contributed by atoms with E-state index in [1.807, 2.05) is 0 Å². The number of methoxy groups -OCH3 is 1. The highest BCUT2D eigenvalue weighted by Gasteiger charge is 2.12. The number of benzene rings is 2. The van der Waals surface area contributed by atoms with Crippen LogP contribution in [0.2, 0.25) is 0 Å². The fraction of sp³-hybridized carbons (Fsp3) is 0.318. The maximum absolute atomic E-state index is 12.1. The zero-order valence-electron chi connectivity index (χ0n) is 16.6. The molecule has 29 heavy (non-hydrogen) atoms. The predicted molar refractivity (Wildman–Crippen MR) is 107 cm³/mol. The Morgan fingerprint density at radius 2 is 1.52 bits per heavy atom. The Kier molecular flexibility index (Phi) is 8.69. The van der Waals surface area contributed by atoms with E-state index in [1.165, 1.54) is 7.11 Å². The second-order valence-electron chi connectivity index (χ2n) is 6.22. The molecule has 2 aromatic rings. The van der Waals surface area contributed by atoms with E-state index in [9.17, 15) is 14.4 Å². The van der Waals surface area contributed by atoms with Crippen molar-refractivity contribution in [3.63, 3.8) is 0 Å². The fourth-order valence-electron chi connectivity index (χ4n) is 2.35. The van der Waals surface area contributed by atoms with E-state index < -0.39 is 18.5 Å². The molecule has 0 saturated heterocycles. The molecule has 0 heterocycles. The van der Waals surface area contributed by atoms with Crippen molar-refractivity contribution >= 4 is 17.7 Å². The second kappa shape index (κ2) is 11.5. The van der Waals surface area contributed by atoms with Crippen LogP contribution in [0.1, 0.15) is 40.5 Å². The van der Waals surface area contributed by atoms with E-state index in [0.29, 0.717) is 29.2 Å². The average molecular weight is 399 g/mol. The van der Waals surface area contributed by atoms with Crippen LogP contribution in [0.5, 0.6) is 11.5 Å². The third-order valence-electron chi connectivity index (χ3n) is 4.05. The van der Waals surface area contributed by atoms with Gasteiger partial charge < -0.3 is 19.5 Å². The van der Waals surface area contributed by atoms with Gasteiger partial charge in [0.25, 0.3) is 5.91 Å². The summed E-state index contributed by atoms with van der Waals surface area (Å²) in [7, 11) is 1.53. The zero-order chi connectivity index (χ0) is 21.1. The normalized spacial score (nSPS) is 10.1. The summed E-state index contributed by atoms with van der Waals surface area (Å²) in [5.41, 5.74) is 0.804. The SMILES string of the molecule is CCCCOc1ccc(C(=O)NCC(=O)OCC(=O)c2ccc(OC)cc2)cc1. The van der Waals surface area contributed by atoms with E-state index in [-0.39, 0.29) is 12.3 Å². The molecule has 7 heteroatoms. The van der Waals surface area contributed by atoms with Gasteiger partial charge in [0.1, 0.15) is 18.0 Å². The van der Waals surface area contributed by atoms with Gasteiger partial charge >= 0.3 is 5.97 Å². The summed E-state index contributed by atoms with van der Waals surface area (Å²) in [6.45, 7) is 1.98. The number of carbonyl (C=O) groups is 3. The van der Waals surface area contributed by atoms with Gasteiger partial charge in [0, 0.05) is 11.1 Å². The lowest BCUT2D eigenvalue weighted by Crippen LogP contribution is -2.31. The smallest absolute Gasteiger partial charge is 0.325 e. The minimum Gasteiger partial charge on any atom is -0.497 e. The van der Waals surface area contributed by atoms with Crippen molar-refractivity contribution in [3.05, 3.63) is 59.7 Å². The maximum Gasteiger partial charge on any atom is 0.325 e. The maximum atomic E-state index is 12.1. The van der Waals surface area contributed by atoms with Gasteiger partial charge in [0.15, 0.2) is 12.4 Å². The molecule has 0 aromatic heterocycles. The number of rotatable bonds is 11. The Balaban J connectivity index is 1.73. The van der Waals surface area contributed by atoms with Crippen LogP contribution in [0.4, 0.5) is 0 Å². The van der Waals surface area contributed by atoms with Crippen LogP contribution >= 0.6 is 0 Å². The van der Waals surface area contributed by atoms with Crippen molar-refractivity contribution in [1.29, 1.82) is 0 Å². The van der Waals surface area contributed by atoms with Gasteiger partial charge in [-0.15, -0.1) is 0 Å². The monoisotopic (exact) mass is 399 g/mol. The molecule has 0 spiro atoms. The van der Waals surface area contributed by atoms with Crippen molar-refractivity contribution in [2.45, 2.75) is 19.8 Å². The molecule has 0 aliphatic rings. The van der Waals surface area contributed by atoms with E-state index in [0.717, 1.165) is 12.8 Å².